The summed E-state index contributed by atoms with van der Waals surface area (Å²) in [6.07, 6.45) is -8.71. The van der Waals surface area contributed by atoms with E-state index in [1.807, 2.05) is 0 Å². The Hall–Kier alpha value is -0.620. The van der Waals surface area contributed by atoms with Gasteiger partial charge in [-0.2, -0.15) is 61.5 Å². The maximum absolute atomic E-state index is 14.2. The average Bonchev–Trinajstić information content (AvgIpc) is 2.64. The molecule has 0 spiro atoms. The quantitative estimate of drug-likeness (QED) is 0.177. The highest BCUT2D eigenvalue weighted by molar-refractivity contribution is 6.36. The summed E-state index contributed by atoms with van der Waals surface area (Å²) in [5, 5.41) is -29.0. The zero-order valence-corrected chi connectivity index (χ0v) is 17.3. The number of halogens is 22. The summed E-state index contributed by atoms with van der Waals surface area (Å²) in [6, 6.07) is 0. The third-order valence-electron chi connectivity index (χ3n) is 3.64. The molecular formula is C12Cl4F18. The van der Waals surface area contributed by atoms with Crippen molar-refractivity contribution in [3.05, 3.63) is 23.8 Å². The first-order valence-corrected chi connectivity index (χ1v) is 8.42. The van der Waals surface area contributed by atoms with Gasteiger partial charge in [-0.3, -0.25) is 0 Å². The lowest BCUT2D eigenvalue weighted by Crippen LogP contribution is -2.73. The van der Waals surface area contributed by atoms with E-state index in [1.165, 1.54) is 0 Å². The van der Waals surface area contributed by atoms with Crippen molar-refractivity contribution in [2.45, 2.75) is 44.2 Å². The average molecular weight is 628 g/mol. The predicted molar refractivity (Wildman–Crippen MR) is 79.3 cm³/mol. The van der Waals surface area contributed by atoms with Gasteiger partial charge in [-0.1, -0.05) is 46.4 Å². The maximum atomic E-state index is 14.2. The molecular weight excluding hydrogens is 628 g/mol. The van der Waals surface area contributed by atoms with Crippen LogP contribution in [0.15, 0.2) is 23.8 Å². The summed E-state index contributed by atoms with van der Waals surface area (Å²) in [6.45, 7) is 0. The van der Waals surface area contributed by atoms with Gasteiger partial charge in [0.25, 0.3) is 0 Å². The molecule has 0 N–H and O–H groups in total. The van der Waals surface area contributed by atoms with Crippen LogP contribution in [0, 0.1) is 0 Å². The minimum Gasteiger partial charge on any atom is -0.214 e. The van der Waals surface area contributed by atoms with E-state index < -0.39 is 68.0 Å². The highest BCUT2D eigenvalue weighted by atomic mass is 35.5. The number of allylic oxidation sites excluding steroid dienone is 2. The smallest absolute Gasteiger partial charge is 0.214 e. The molecule has 0 aliphatic heterocycles. The number of alkyl halides is 16. The molecule has 0 rings (SSSR count). The Labute approximate surface area is 194 Å². The molecule has 0 saturated carbocycles. The van der Waals surface area contributed by atoms with Crippen molar-refractivity contribution in [3.63, 3.8) is 0 Å². The van der Waals surface area contributed by atoms with E-state index in [2.05, 4.69) is 46.4 Å². The van der Waals surface area contributed by atoms with Gasteiger partial charge in [-0.25, -0.2) is 17.6 Å². The van der Waals surface area contributed by atoms with Gasteiger partial charge in [-0.05, 0) is 0 Å². The topological polar surface area (TPSA) is 0 Å². The predicted octanol–water partition coefficient (Wildman–Crippen LogP) is 9.30. The molecule has 0 heterocycles. The molecule has 0 aliphatic rings. The third kappa shape index (κ3) is 4.27. The Balaban J connectivity index is 7.12. The van der Waals surface area contributed by atoms with E-state index in [1.54, 1.807) is 0 Å². The molecule has 34 heavy (non-hydrogen) atoms. The van der Waals surface area contributed by atoms with Crippen molar-refractivity contribution in [2.75, 3.05) is 0 Å². The molecule has 0 fully saturated rings. The van der Waals surface area contributed by atoms with Crippen molar-refractivity contribution in [2.24, 2.45) is 0 Å². The Morgan fingerprint density at radius 2 is 0.529 bits per heavy atom. The van der Waals surface area contributed by atoms with E-state index in [-0.39, 0.29) is 0 Å². The summed E-state index contributed by atoms with van der Waals surface area (Å²) in [5.74, 6) is -39.1. The van der Waals surface area contributed by atoms with Crippen LogP contribution in [0.3, 0.4) is 0 Å². The Morgan fingerprint density at radius 3 is 0.676 bits per heavy atom. The van der Waals surface area contributed by atoms with Crippen LogP contribution in [0.5, 0.6) is 0 Å². The van der Waals surface area contributed by atoms with Crippen molar-refractivity contribution in [1.29, 1.82) is 0 Å². The van der Waals surface area contributed by atoms with Gasteiger partial charge in [0.15, 0.2) is 0 Å². The SMILES string of the molecule is FC(F)=C(F)C(F)(F)C(F)(Cl)C(F)(F)C(F)(Cl)C(F)(Cl)C(F)(F)C(F)(Cl)C(F)(F)C(F)=C(F)F. The van der Waals surface area contributed by atoms with Gasteiger partial charge < -0.3 is 0 Å². The summed E-state index contributed by atoms with van der Waals surface area (Å²) >= 11 is 15.3. The molecule has 0 aromatic heterocycles. The van der Waals surface area contributed by atoms with Gasteiger partial charge in [-0.15, -0.1) is 0 Å². The summed E-state index contributed by atoms with van der Waals surface area (Å²) < 4.78 is 239. The van der Waals surface area contributed by atoms with Crippen LogP contribution >= 0.6 is 46.4 Å². The Morgan fingerprint density at radius 1 is 0.353 bits per heavy atom. The van der Waals surface area contributed by atoms with E-state index in [4.69, 9.17) is 0 Å². The number of hydrogen-bond acceptors (Lipinski definition) is 0. The zero-order valence-electron chi connectivity index (χ0n) is 14.3. The summed E-state index contributed by atoms with van der Waals surface area (Å²) in [7, 11) is 0. The Kier molecular flexibility index (Phi) is 8.88. The molecule has 4 unspecified atom stereocenters. The van der Waals surface area contributed by atoms with Gasteiger partial charge in [0.2, 0.25) is 11.7 Å². The van der Waals surface area contributed by atoms with Crippen molar-refractivity contribution in [3.8, 4) is 0 Å². The standard InChI is InChI=1S/C12Cl4F18/c13-7(27,5(23,24)1(17)3(19)20)11(31,32)9(15,29)10(16,30)12(33,34)8(14,28)6(25,26)2(18)4(21)22. The molecule has 0 radical (unpaired) electrons. The molecule has 0 nitrogen and oxygen atoms in total. The highest BCUT2D eigenvalue weighted by Crippen LogP contribution is 2.67. The first-order chi connectivity index (χ1) is 14.5. The molecule has 0 aliphatic carbocycles. The molecule has 0 aromatic carbocycles. The lowest BCUT2D eigenvalue weighted by Gasteiger charge is -2.46. The van der Waals surface area contributed by atoms with Crippen LogP contribution in [0.2, 0.25) is 0 Å². The van der Waals surface area contributed by atoms with Crippen LogP contribution in [-0.4, -0.2) is 44.2 Å². The van der Waals surface area contributed by atoms with Crippen LogP contribution in [0.4, 0.5) is 79.0 Å². The first kappa shape index (κ1) is 33.4. The molecule has 0 saturated heterocycles. The molecule has 0 bridgehead atoms. The first-order valence-electron chi connectivity index (χ1n) is 6.91. The van der Waals surface area contributed by atoms with E-state index >= 15 is 0 Å². The summed E-state index contributed by atoms with van der Waals surface area (Å²) in [4.78, 5) is 0. The fraction of sp³-hybridized carbons (Fsp3) is 0.667. The van der Waals surface area contributed by atoms with Crippen molar-refractivity contribution < 1.29 is 79.0 Å². The summed E-state index contributed by atoms with van der Waals surface area (Å²) in [5.41, 5.74) is 0. The van der Waals surface area contributed by atoms with E-state index in [0.29, 0.717) is 0 Å². The molecule has 0 aromatic rings. The van der Waals surface area contributed by atoms with Crippen molar-refractivity contribution in [1.82, 2.24) is 0 Å². The highest BCUT2D eigenvalue weighted by Gasteiger charge is 2.91. The third-order valence-corrected chi connectivity index (χ3v) is 5.69. The van der Waals surface area contributed by atoms with Gasteiger partial charge in [0.05, 0.1) is 0 Å². The molecule has 4 atom stereocenters. The number of hydrogen-bond donors (Lipinski definition) is 0. The monoisotopic (exact) mass is 626 g/mol. The fourth-order valence-electron chi connectivity index (χ4n) is 1.70. The Bertz CT molecular complexity index is 779. The van der Waals surface area contributed by atoms with Gasteiger partial charge in [0.1, 0.15) is 0 Å². The van der Waals surface area contributed by atoms with Gasteiger partial charge in [0, 0.05) is 0 Å². The van der Waals surface area contributed by atoms with Crippen molar-refractivity contribution >= 4 is 46.4 Å². The second-order valence-corrected chi connectivity index (χ2v) is 7.83. The lowest BCUT2D eigenvalue weighted by atomic mass is 9.91. The van der Waals surface area contributed by atoms with Gasteiger partial charge >= 0.3 is 56.4 Å². The maximum Gasteiger partial charge on any atom is 0.357 e. The molecule has 0 amide bonds. The van der Waals surface area contributed by atoms with E-state index in [0.717, 1.165) is 0 Å². The fourth-order valence-corrected chi connectivity index (χ4v) is 2.72. The normalized spacial score (nSPS) is 21.0. The second kappa shape index (κ2) is 9.04. The van der Waals surface area contributed by atoms with Crippen LogP contribution in [-0.2, 0) is 0 Å². The second-order valence-electron chi connectivity index (χ2n) is 5.74. The lowest BCUT2D eigenvalue weighted by molar-refractivity contribution is -0.295. The largest absolute Gasteiger partial charge is 0.357 e. The van der Waals surface area contributed by atoms with E-state index in [9.17, 15) is 79.0 Å². The van der Waals surface area contributed by atoms with Crippen LogP contribution in [0.25, 0.3) is 0 Å². The van der Waals surface area contributed by atoms with Crippen LogP contribution < -0.4 is 0 Å². The molecule has 22 heteroatoms. The zero-order chi connectivity index (χ0) is 28.3. The minimum absolute atomic E-state index is 3.79. The van der Waals surface area contributed by atoms with Crippen LogP contribution in [0.1, 0.15) is 0 Å². The minimum atomic E-state index is -7.76. The molecule has 202 valence electrons. The number of rotatable bonds is 9.